The number of carbonyl (C=O) groups is 2. The van der Waals surface area contributed by atoms with Gasteiger partial charge in [0.1, 0.15) is 12.0 Å². The number of benzene rings is 2. The average Bonchev–Trinajstić information content (AvgIpc) is 2.81. The number of halogens is 3. The zero-order chi connectivity index (χ0) is 26.8. The summed E-state index contributed by atoms with van der Waals surface area (Å²) in [6, 6.07) is 8.05. The van der Waals surface area contributed by atoms with E-state index in [0.717, 1.165) is 12.3 Å². The molecule has 0 aliphatic carbocycles. The molecular formula is C25H29F3N2O5S. The lowest BCUT2D eigenvalue weighted by molar-refractivity contribution is -0.138. The van der Waals surface area contributed by atoms with Gasteiger partial charge in [-0.05, 0) is 49.7 Å². The van der Waals surface area contributed by atoms with Crippen molar-refractivity contribution >= 4 is 27.7 Å². The number of amides is 1. The normalized spacial score (nSPS) is 15.7. The molecule has 1 heterocycles. The van der Waals surface area contributed by atoms with Crippen LogP contribution >= 0.6 is 0 Å². The highest BCUT2D eigenvalue weighted by Crippen LogP contribution is 2.37. The molecule has 11 heteroatoms. The van der Waals surface area contributed by atoms with E-state index in [1.165, 1.54) is 36.1 Å². The maximum Gasteiger partial charge on any atom is 0.416 e. The Morgan fingerprint density at radius 3 is 2.19 bits per heavy atom. The summed E-state index contributed by atoms with van der Waals surface area (Å²) in [6.07, 6.45) is -3.33. The van der Waals surface area contributed by atoms with Crippen LogP contribution in [0.4, 0.5) is 18.9 Å². The molecule has 1 unspecified atom stereocenters. The maximum atomic E-state index is 13.7. The number of piperazine rings is 1. The number of hydrogen-bond acceptors (Lipinski definition) is 6. The number of ether oxygens (including phenoxy) is 1. The first-order valence-corrected chi connectivity index (χ1v) is 13.3. The number of alkyl halides is 3. The van der Waals surface area contributed by atoms with Crippen LogP contribution in [0.15, 0.2) is 41.3 Å². The van der Waals surface area contributed by atoms with Crippen LogP contribution < -0.4 is 9.64 Å². The second kappa shape index (κ2) is 10.5. The van der Waals surface area contributed by atoms with Crippen LogP contribution in [0.2, 0.25) is 0 Å². The van der Waals surface area contributed by atoms with Crippen LogP contribution in [0.3, 0.4) is 0 Å². The topological polar surface area (TPSA) is 84.0 Å². The highest BCUT2D eigenvalue weighted by molar-refractivity contribution is 7.90. The molecule has 1 aliphatic rings. The highest BCUT2D eigenvalue weighted by Gasteiger charge is 2.35. The average molecular weight is 527 g/mol. The Kier molecular flexibility index (Phi) is 8.02. The van der Waals surface area contributed by atoms with Gasteiger partial charge in [0.2, 0.25) is 0 Å². The Bertz CT molecular complexity index is 1240. The fourth-order valence-corrected chi connectivity index (χ4v) is 4.71. The number of nitrogens with zero attached hydrogens (tertiary/aromatic N) is 2. The van der Waals surface area contributed by atoms with Crippen molar-refractivity contribution in [1.29, 1.82) is 0 Å². The van der Waals surface area contributed by atoms with Crippen LogP contribution in [0.5, 0.6) is 5.75 Å². The second-order valence-electron chi connectivity index (χ2n) is 9.07. The summed E-state index contributed by atoms with van der Waals surface area (Å²) in [6.45, 7) is 5.97. The molecule has 2 aromatic rings. The van der Waals surface area contributed by atoms with E-state index in [4.69, 9.17) is 4.74 Å². The van der Waals surface area contributed by atoms with Gasteiger partial charge in [0.25, 0.3) is 5.91 Å². The summed E-state index contributed by atoms with van der Waals surface area (Å²) in [7, 11) is -3.56. The SMILES string of the molecule is CC(C)Oc1ccc(S(C)(=O)=O)cc1C(=O)N1CCN(c2ccc(C(C)C=O)c(C(F)(F)F)c2)CC1. The molecule has 7 nitrogen and oxygen atoms in total. The minimum atomic E-state index is -4.61. The minimum Gasteiger partial charge on any atom is -0.490 e. The summed E-state index contributed by atoms with van der Waals surface area (Å²) in [4.78, 5) is 27.7. The molecule has 0 N–H and O–H groups in total. The Labute approximate surface area is 208 Å². The molecule has 196 valence electrons. The maximum absolute atomic E-state index is 13.7. The smallest absolute Gasteiger partial charge is 0.416 e. The number of carbonyl (C=O) groups excluding carboxylic acids is 2. The number of hydrogen-bond donors (Lipinski definition) is 0. The summed E-state index contributed by atoms with van der Waals surface area (Å²) >= 11 is 0. The Morgan fingerprint density at radius 2 is 1.67 bits per heavy atom. The van der Waals surface area contributed by atoms with Gasteiger partial charge in [-0.25, -0.2) is 8.42 Å². The van der Waals surface area contributed by atoms with Gasteiger partial charge in [-0.15, -0.1) is 0 Å². The van der Waals surface area contributed by atoms with Gasteiger partial charge in [-0.3, -0.25) is 4.79 Å². The van der Waals surface area contributed by atoms with Crippen molar-refractivity contribution in [1.82, 2.24) is 4.90 Å². The summed E-state index contributed by atoms with van der Waals surface area (Å²) in [5.74, 6) is -1.04. The monoisotopic (exact) mass is 526 g/mol. The van der Waals surface area contributed by atoms with Crippen molar-refractivity contribution in [3.8, 4) is 5.75 Å². The predicted molar refractivity (Wildman–Crippen MR) is 129 cm³/mol. The fraction of sp³-hybridized carbons (Fsp3) is 0.440. The quantitative estimate of drug-likeness (QED) is 0.504. The van der Waals surface area contributed by atoms with E-state index < -0.39 is 33.4 Å². The largest absolute Gasteiger partial charge is 0.490 e. The third-order valence-electron chi connectivity index (χ3n) is 5.94. The van der Waals surface area contributed by atoms with E-state index in [-0.39, 0.29) is 54.1 Å². The van der Waals surface area contributed by atoms with Crippen molar-refractivity contribution in [2.24, 2.45) is 0 Å². The van der Waals surface area contributed by atoms with E-state index in [1.54, 1.807) is 24.8 Å². The zero-order valence-electron chi connectivity index (χ0n) is 20.5. The van der Waals surface area contributed by atoms with Gasteiger partial charge in [0.15, 0.2) is 9.84 Å². The van der Waals surface area contributed by atoms with Crippen LogP contribution in [-0.2, 0) is 20.8 Å². The van der Waals surface area contributed by atoms with E-state index in [1.807, 2.05) is 0 Å². The van der Waals surface area contributed by atoms with Crippen molar-refractivity contribution in [2.45, 2.75) is 43.9 Å². The van der Waals surface area contributed by atoms with Crippen molar-refractivity contribution in [3.63, 3.8) is 0 Å². The van der Waals surface area contributed by atoms with Gasteiger partial charge in [0.05, 0.1) is 22.1 Å². The molecule has 1 atom stereocenters. The first kappa shape index (κ1) is 27.5. The fourth-order valence-electron chi connectivity index (χ4n) is 4.06. The lowest BCUT2D eigenvalue weighted by atomic mass is 9.95. The first-order chi connectivity index (χ1) is 16.7. The highest BCUT2D eigenvalue weighted by atomic mass is 32.2. The third-order valence-corrected chi connectivity index (χ3v) is 7.05. The zero-order valence-corrected chi connectivity index (χ0v) is 21.3. The van der Waals surface area contributed by atoms with Crippen LogP contribution in [-0.4, -0.2) is 64.0 Å². The van der Waals surface area contributed by atoms with Gasteiger partial charge >= 0.3 is 6.18 Å². The van der Waals surface area contributed by atoms with Crippen LogP contribution in [0.1, 0.15) is 48.2 Å². The lowest BCUT2D eigenvalue weighted by Crippen LogP contribution is -2.49. The molecule has 3 rings (SSSR count). The summed E-state index contributed by atoms with van der Waals surface area (Å²) < 4.78 is 70.7. The standard InChI is InChI=1S/C25H29F3N2O5S/c1-16(2)35-23-8-6-19(36(4,33)34)14-21(23)24(32)30-11-9-29(10-12-30)18-5-7-20(17(3)15-31)22(13-18)25(26,27)28/h5-8,13-17H,9-12H2,1-4H3. The predicted octanol–water partition coefficient (Wildman–Crippen LogP) is 4.16. The number of aldehydes is 1. The molecule has 2 aromatic carbocycles. The first-order valence-electron chi connectivity index (χ1n) is 11.4. The molecule has 0 spiro atoms. The van der Waals surface area contributed by atoms with E-state index >= 15 is 0 Å². The molecule has 1 fully saturated rings. The number of rotatable bonds is 7. The van der Waals surface area contributed by atoms with Crippen molar-refractivity contribution in [3.05, 3.63) is 53.1 Å². The molecule has 0 radical (unpaired) electrons. The Morgan fingerprint density at radius 1 is 1.03 bits per heavy atom. The Hall–Kier alpha value is -3.08. The Balaban J connectivity index is 1.83. The van der Waals surface area contributed by atoms with Gasteiger partial charge in [-0.1, -0.05) is 13.0 Å². The van der Waals surface area contributed by atoms with Gasteiger partial charge in [0, 0.05) is 44.0 Å². The molecule has 1 aliphatic heterocycles. The number of anilines is 1. The third kappa shape index (κ3) is 6.18. The molecule has 36 heavy (non-hydrogen) atoms. The van der Waals surface area contributed by atoms with Gasteiger partial charge in [-0.2, -0.15) is 13.2 Å². The molecular weight excluding hydrogens is 497 g/mol. The summed E-state index contributed by atoms with van der Waals surface area (Å²) in [5.41, 5.74) is -0.476. The lowest BCUT2D eigenvalue weighted by Gasteiger charge is -2.37. The van der Waals surface area contributed by atoms with Crippen LogP contribution in [0.25, 0.3) is 0 Å². The van der Waals surface area contributed by atoms with E-state index in [2.05, 4.69) is 0 Å². The molecule has 0 aromatic heterocycles. The molecule has 1 amide bonds. The van der Waals surface area contributed by atoms with E-state index in [0.29, 0.717) is 12.0 Å². The number of sulfone groups is 1. The molecule has 0 bridgehead atoms. The second-order valence-corrected chi connectivity index (χ2v) is 11.1. The minimum absolute atomic E-state index is 0.00934. The van der Waals surface area contributed by atoms with Crippen molar-refractivity contribution < 1.29 is 35.9 Å². The van der Waals surface area contributed by atoms with E-state index in [9.17, 15) is 31.2 Å². The summed E-state index contributed by atoms with van der Waals surface area (Å²) in [5, 5.41) is 0. The molecule has 0 saturated carbocycles. The van der Waals surface area contributed by atoms with Crippen LogP contribution in [0, 0.1) is 0 Å². The van der Waals surface area contributed by atoms with Gasteiger partial charge < -0.3 is 19.3 Å². The van der Waals surface area contributed by atoms with Crippen molar-refractivity contribution in [2.75, 3.05) is 37.3 Å². The molecule has 1 saturated heterocycles.